The molecule has 1 aromatic heterocycles. The summed E-state index contributed by atoms with van der Waals surface area (Å²) in [5.74, 6) is -0.582. The van der Waals surface area contributed by atoms with Crippen LogP contribution in [0.2, 0.25) is 0 Å². The third-order valence-corrected chi connectivity index (χ3v) is 8.67. The van der Waals surface area contributed by atoms with Crippen molar-refractivity contribution in [2.45, 2.75) is 93.7 Å². The molecule has 42 heavy (non-hydrogen) atoms. The molecule has 12 nitrogen and oxygen atoms in total. The van der Waals surface area contributed by atoms with Crippen molar-refractivity contribution >= 4 is 37.1 Å². The SMILES string of the molecule is CCCCCCOc1nsnc1C1=CCC[N+](C)(C(C)OP(=O)(OCOC(=O)C(C)(C)C)OCOC(=O)C(C)(C)C)C1. The molecule has 0 saturated heterocycles. The van der Waals surface area contributed by atoms with Crippen molar-refractivity contribution in [2.24, 2.45) is 10.8 Å². The van der Waals surface area contributed by atoms with Crippen molar-refractivity contribution in [1.29, 1.82) is 0 Å². The zero-order valence-corrected chi connectivity index (χ0v) is 28.3. The normalized spacial score (nSPS) is 18.7. The Labute approximate surface area is 254 Å². The molecule has 2 atom stereocenters. The van der Waals surface area contributed by atoms with Gasteiger partial charge >= 0.3 is 19.8 Å². The number of esters is 2. The van der Waals surface area contributed by atoms with E-state index in [9.17, 15) is 14.2 Å². The van der Waals surface area contributed by atoms with Crippen LogP contribution in [0.4, 0.5) is 0 Å². The van der Waals surface area contributed by atoms with Crippen LogP contribution in [0.1, 0.15) is 93.2 Å². The largest absolute Gasteiger partial charge is 0.485 e. The predicted molar refractivity (Wildman–Crippen MR) is 159 cm³/mol. The molecule has 0 amide bonds. The predicted octanol–water partition coefficient (Wildman–Crippen LogP) is 6.33. The number of carbonyl (C=O) groups excluding carboxylic acids is 2. The Morgan fingerprint density at radius 2 is 1.60 bits per heavy atom. The van der Waals surface area contributed by atoms with Crippen LogP contribution in [0, 0.1) is 10.8 Å². The van der Waals surface area contributed by atoms with E-state index in [1.54, 1.807) is 48.5 Å². The molecule has 0 bridgehead atoms. The summed E-state index contributed by atoms with van der Waals surface area (Å²) in [4.78, 5) is 24.4. The summed E-state index contributed by atoms with van der Waals surface area (Å²) in [6.07, 6.45) is 6.50. The van der Waals surface area contributed by atoms with Crippen LogP contribution in [-0.4, -0.2) is 71.7 Å². The van der Waals surface area contributed by atoms with E-state index in [0.29, 0.717) is 42.2 Å². The third kappa shape index (κ3) is 11.3. The fraction of sp³-hybridized carbons (Fsp3) is 0.786. The van der Waals surface area contributed by atoms with Gasteiger partial charge in [-0.1, -0.05) is 32.3 Å². The minimum absolute atomic E-state index is 0.319. The summed E-state index contributed by atoms with van der Waals surface area (Å²) >= 11 is 1.10. The third-order valence-electron chi connectivity index (χ3n) is 6.75. The Kier molecular flexibility index (Phi) is 13.6. The fourth-order valence-electron chi connectivity index (χ4n) is 3.84. The van der Waals surface area contributed by atoms with E-state index in [0.717, 1.165) is 36.6 Å². The molecule has 1 aliphatic rings. The smallest absolute Gasteiger partial charge is 0.475 e. The summed E-state index contributed by atoms with van der Waals surface area (Å²) in [6, 6.07) is 0. The van der Waals surface area contributed by atoms with Gasteiger partial charge in [0.15, 0.2) is 0 Å². The Balaban J connectivity index is 2.12. The van der Waals surface area contributed by atoms with E-state index in [4.69, 9.17) is 27.8 Å². The van der Waals surface area contributed by atoms with Gasteiger partial charge in [0.25, 0.3) is 5.88 Å². The van der Waals surface area contributed by atoms with Crippen LogP contribution in [-0.2, 0) is 37.2 Å². The molecule has 2 rings (SSSR count). The summed E-state index contributed by atoms with van der Waals surface area (Å²) in [5.41, 5.74) is 0.0715. The highest BCUT2D eigenvalue weighted by molar-refractivity contribution is 7.48. The van der Waals surface area contributed by atoms with Gasteiger partial charge in [-0.2, -0.15) is 4.37 Å². The minimum atomic E-state index is -4.36. The van der Waals surface area contributed by atoms with Gasteiger partial charge in [0, 0.05) is 18.9 Å². The maximum absolute atomic E-state index is 13.7. The number of nitrogens with zero attached hydrogens (tertiary/aromatic N) is 3. The van der Waals surface area contributed by atoms with Crippen LogP contribution in [0.25, 0.3) is 5.57 Å². The molecular formula is C28H49N3O9PS+. The first-order valence-electron chi connectivity index (χ1n) is 14.4. The number of likely N-dealkylation sites (N-methyl/N-ethyl adjacent to an activating group) is 1. The van der Waals surface area contributed by atoms with Gasteiger partial charge < -0.3 is 14.2 Å². The summed E-state index contributed by atoms with van der Waals surface area (Å²) < 4.78 is 55.7. The number of hydrogen-bond donors (Lipinski definition) is 0. The van der Waals surface area contributed by atoms with Crippen molar-refractivity contribution in [3.8, 4) is 5.88 Å². The molecule has 0 aromatic carbocycles. The van der Waals surface area contributed by atoms with Gasteiger partial charge in [-0.05, 0) is 48.0 Å². The quantitative estimate of drug-likeness (QED) is 0.0664. The molecule has 0 radical (unpaired) electrons. The second-order valence-electron chi connectivity index (χ2n) is 12.7. The van der Waals surface area contributed by atoms with Gasteiger partial charge in [0.1, 0.15) is 12.2 Å². The summed E-state index contributed by atoms with van der Waals surface area (Å²) in [5, 5.41) is 0. The Morgan fingerprint density at radius 3 is 2.14 bits per heavy atom. The van der Waals surface area contributed by atoms with Gasteiger partial charge in [0.05, 0.1) is 42.8 Å². The van der Waals surface area contributed by atoms with Gasteiger partial charge in [0.2, 0.25) is 19.8 Å². The Bertz CT molecular complexity index is 1080. The molecule has 2 unspecified atom stereocenters. The average Bonchev–Trinajstić information content (AvgIpc) is 3.36. The lowest BCUT2D eigenvalue weighted by Crippen LogP contribution is -2.54. The van der Waals surface area contributed by atoms with Crippen molar-refractivity contribution in [2.75, 3.05) is 40.3 Å². The fourth-order valence-corrected chi connectivity index (χ4v) is 5.53. The van der Waals surface area contributed by atoms with E-state index in [1.165, 1.54) is 6.42 Å². The number of phosphoric acid groups is 1. The number of rotatable bonds is 16. The number of carbonyl (C=O) groups is 2. The molecule has 14 heteroatoms. The summed E-state index contributed by atoms with van der Waals surface area (Å²) in [6.45, 7) is 14.5. The zero-order chi connectivity index (χ0) is 31.6. The molecule has 0 fully saturated rings. The first-order valence-corrected chi connectivity index (χ1v) is 16.6. The monoisotopic (exact) mass is 634 g/mol. The molecule has 240 valence electrons. The molecule has 0 N–H and O–H groups in total. The number of aromatic nitrogens is 2. The topological polar surface area (TPSA) is 132 Å². The van der Waals surface area contributed by atoms with E-state index in [-0.39, 0.29) is 0 Å². The molecule has 1 aliphatic heterocycles. The first kappa shape index (κ1) is 36.3. The number of unbranched alkanes of at least 4 members (excludes halogenated alkanes) is 3. The second kappa shape index (κ2) is 15.7. The maximum atomic E-state index is 13.7. The van der Waals surface area contributed by atoms with E-state index >= 15 is 0 Å². The number of ether oxygens (including phenoxy) is 3. The van der Waals surface area contributed by atoms with Crippen LogP contribution < -0.4 is 4.74 Å². The number of phosphoric ester groups is 1. The van der Waals surface area contributed by atoms with Gasteiger partial charge in [-0.3, -0.25) is 14.1 Å². The van der Waals surface area contributed by atoms with Gasteiger partial charge in [-0.25, -0.2) is 18.1 Å². The molecular weight excluding hydrogens is 585 g/mol. The maximum Gasteiger partial charge on any atom is 0.485 e. The molecule has 2 heterocycles. The minimum Gasteiger partial charge on any atom is -0.475 e. The van der Waals surface area contributed by atoms with Crippen molar-refractivity contribution < 1.29 is 46.4 Å². The highest BCUT2D eigenvalue weighted by atomic mass is 32.1. The van der Waals surface area contributed by atoms with E-state index in [1.807, 2.05) is 7.05 Å². The number of hydrogen-bond acceptors (Lipinski definition) is 12. The van der Waals surface area contributed by atoms with Crippen LogP contribution in [0.3, 0.4) is 0 Å². The lowest BCUT2D eigenvalue weighted by molar-refractivity contribution is -0.943. The summed E-state index contributed by atoms with van der Waals surface area (Å²) in [7, 11) is -2.39. The average molecular weight is 635 g/mol. The first-order chi connectivity index (χ1) is 19.5. The number of quaternary nitrogens is 1. The Hall–Kier alpha value is -1.89. The molecule has 1 aromatic rings. The van der Waals surface area contributed by atoms with Crippen LogP contribution in [0.5, 0.6) is 5.88 Å². The molecule has 0 spiro atoms. The highest BCUT2D eigenvalue weighted by Crippen LogP contribution is 2.52. The standard InChI is InChI=1S/C28H49N3O9PS/c1-10-11-12-13-17-35-24-23(29-42-30-24)22-15-14-16-31(9,18-22)21(2)40-41(34,38-19-36-25(32)27(3,4)5)39-20-37-26(33)28(6,7)8/h15,21H,10-14,16-20H2,1-9H3/q+1. The van der Waals surface area contributed by atoms with E-state index in [2.05, 4.69) is 21.7 Å². The lowest BCUT2D eigenvalue weighted by Gasteiger charge is -2.42. The second-order valence-corrected chi connectivity index (χ2v) is 14.9. The van der Waals surface area contributed by atoms with Crippen LogP contribution >= 0.6 is 19.6 Å². The molecule has 0 aliphatic carbocycles. The van der Waals surface area contributed by atoms with Crippen molar-refractivity contribution in [3.05, 3.63) is 11.8 Å². The zero-order valence-electron chi connectivity index (χ0n) is 26.6. The van der Waals surface area contributed by atoms with Gasteiger partial charge in [-0.15, -0.1) is 4.37 Å². The molecule has 0 saturated carbocycles. The lowest BCUT2D eigenvalue weighted by atomic mass is 9.98. The van der Waals surface area contributed by atoms with E-state index < -0.39 is 50.4 Å². The van der Waals surface area contributed by atoms with Crippen LogP contribution in [0.15, 0.2) is 6.08 Å². The Morgan fingerprint density at radius 1 is 1.00 bits per heavy atom. The van der Waals surface area contributed by atoms with Crippen molar-refractivity contribution in [3.63, 3.8) is 0 Å². The van der Waals surface area contributed by atoms with Crippen molar-refractivity contribution in [1.82, 2.24) is 8.75 Å². The highest BCUT2D eigenvalue weighted by Gasteiger charge is 2.42.